The lowest BCUT2D eigenvalue weighted by Crippen LogP contribution is -2.11. The first-order valence-corrected chi connectivity index (χ1v) is 5.65. The number of anilines is 1. The number of hydrogen-bond acceptors (Lipinski definition) is 3. The van der Waals surface area contributed by atoms with Crippen LogP contribution in [0.5, 0.6) is 0 Å². The van der Waals surface area contributed by atoms with E-state index in [1.807, 2.05) is 19.0 Å². The molecule has 0 fully saturated rings. The Morgan fingerprint density at radius 3 is 2.59 bits per heavy atom. The maximum Gasteiger partial charge on any atom is 0.103 e. The smallest absolute Gasteiger partial charge is 0.103 e. The summed E-state index contributed by atoms with van der Waals surface area (Å²) in [5.74, 6) is 0. The fourth-order valence-electron chi connectivity index (χ4n) is 1.78. The zero-order valence-electron chi connectivity index (χ0n) is 9.33. The van der Waals surface area contributed by atoms with Gasteiger partial charge >= 0.3 is 0 Å². The molecule has 1 aromatic heterocycles. The minimum absolute atomic E-state index is 0.486. The first-order chi connectivity index (χ1) is 8.04. The second-order valence-corrected chi connectivity index (χ2v) is 4.65. The van der Waals surface area contributed by atoms with Crippen LogP contribution in [0.4, 0.5) is 5.69 Å². The molecule has 0 saturated heterocycles. The summed E-state index contributed by atoms with van der Waals surface area (Å²) in [4.78, 5) is 6.05. The van der Waals surface area contributed by atoms with E-state index in [0.717, 1.165) is 11.1 Å². The predicted molar refractivity (Wildman–Crippen MR) is 70.8 cm³/mol. The number of benzene rings is 1. The van der Waals surface area contributed by atoms with Gasteiger partial charge in [0, 0.05) is 30.7 Å². The van der Waals surface area contributed by atoms with Crippen LogP contribution in [-0.4, -0.2) is 19.1 Å². The van der Waals surface area contributed by atoms with E-state index in [2.05, 4.69) is 11.1 Å². The Hall–Kier alpha value is -1.50. The number of halogens is 2. The second-order valence-electron chi connectivity index (χ2n) is 3.81. The van der Waals surface area contributed by atoms with Crippen molar-refractivity contribution in [3.63, 3.8) is 0 Å². The van der Waals surface area contributed by atoms with Gasteiger partial charge in [-0.05, 0) is 12.1 Å². The highest BCUT2D eigenvalue weighted by Gasteiger charge is 2.13. The first kappa shape index (κ1) is 12.0. The normalized spacial score (nSPS) is 10.3. The van der Waals surface area contributed by atoms with Crippen LogP contribution < -0.4 is 4.90 Å². The van der Waals surface area contributed by atoms with Gasteiger partial charge in [0.25, 0.3) is 0 Å². The average molecular weight is 266 g/mol. The Kier molecular flexibility index (Phi) is 3.10. The molecule has 0 unspecified atom stereocenters. The highest BCUT2D eigenvalue weighted by molar-refractivity contribution is 6.38. The Bertz CT molecular complexity index is 630. The number of rotatable bonds is 1. The molecule has 17 heavy (non-hydrogen) atoms. The van der Waals surface area contributed by atoms with Crippen molar-refractivity contribution in [1.82, 2.24) is 4.98 Å². The summed E-state index contributed by atoms with van der Waals surface area (Å²) in [5.41, 5.74) is 1.93. The topological polar surface area (TPSA) is 39.9 Å². The molecule has 1 aromatic carbocycles. The van der Waals surface area contributed by atoms with Crippen molar-refractivity contribution in [3.8, 4) is 6.07 Å². The van der Waals surface area contributed by atoms with Gasteiger partial charge in [-0.1, -0.05) is 23.2 Å². The van der Waals surface area contributed by atoms with Gasteiger partial charge in [0.2, 0.25) is 0 Å². The van der Waals surface area contributed by atoms with E-state index in [9.17, 15) is 0 Å². The predicted octanol–water partition coefficient (Wildman–Crippen LogP) is 3.48. The van der Waals surface area contributed by atoms with Crippen LogP contribution in [0.15, 0.2) is 18.3 Å². The van der Waals surface area contributed by atoms with E-state index in [-0.39, 0.29) is 0 Å². The van der Waals surface area contributed by atoms with Crippen LogP contribution in [0, 0.1) is 11.3 Å². The summed E-state index contributed by atoms with van der Waals surface area (Å²) in [6, 6.07) is 5.53. The molecule has 3 nitrogen and oxygen atoms in total. The third-order valence-electron chi connectivity index (χ3n) is 2.43. The molecule has 0 bridgehead atoms. The summed E-state index contributed by atoms with van der Waals surface area (Å²) >= 11 is 12.1. The molecule has 1 heterocycles. The summed E-state index contributed by atoms with van der Waals surface area (Å²) in [7, 11) is 3.73. The zero-order valence-corrected chi connectivity index (χ0v) is 10.8. The van der Waals surface area contributed by atoms with Gasteiger partial charge in [0.1, 0.15) is 6.07 Å². The van der Waals surface area contributed by atoms with Crippen LogP contribution in [0.25, 0.3) is 10.9 Å². The molecular weight excluding hydrogens is 257 g/mol. The molecule has 0 aliphatic rings. The second kappa shape index (κ2) is 4.40. The Labute approximate surface area is 109 Å². The first-order valence-electron chi connectivity index (χ1n) is 4.89. The number of pyridine rings is 1. The van der Waals surface area contributed by atoms with Crippen LogP contribution >= 0.6 is 23.2 Å². The monoisotopic (exact) mass is 265 g/mol. The molecule has 0 spiro atoms. The third kappa shape index (κ3) is 2.02. The van der Waals surface area contributed by atoms with Crippen LogP contribution in [0.2, 0.25) is 10.0 Å². The van der Waals surface area contributed by atoms with E-state index in [0.29, 0.717) is 21.1 Å². The summed E-state index contributed by atoms with van der Waals surface area (Å²) in [6.07, 6.45) is 1.53. The molecule has 86 valence electrons. The van der Waals surface area contributed by atoms with Gasteiger partial charge in [-0.3, -0.25) is 4.98 Å². The number of nitriles is 1. The molecule has 2 aromatic rings. The maximum atomic E-state index is 9.08. The molecule has 0 aliphatic carbocycles. The van der Waals surface area contributed by atoms with Gasteiger partial charge in [0.05, 0.1) is 21.8 Å². The lowest BCUT2D eigenvalue weighted by atomic mass is 10.1. The van der Waals surface area contributed by atoms with Gasteiger partial charge in [-0.2, -0.15) is 5.26 Å². The van der Waals surface area contributed by atoms with Crippen LogP contribution in [0.3, 0.4) is 0 Å². The summed E-state index contributed by atoms with van der Waals surface area (Å²) in [5, 5.41) is 10.9. The van der Waals surface area contributed by atoms with E-state index in [1.165, 1.54) is 6.20 Å². The van der Waals surface area contributed by atoms with E-state index < -0.39 is 0 Å². The Balaban J connectivity index is 2.95. The lowest BCUT2D eigenvalue weighted by Gasteiger charge is -2.17. The van der Waals surface area contributed by atoms with Gasteiger partial charge in [0.15, 0.2) is 0 Å². The molecule has 0 saturated carbocycles. The molecule has 0 aliphatic heterocycles. The fraction of sp³-hybridized carbons (Fsp3) is 0.167. The standard InChI is InChI=1S/C12H9Cl2N3/c1-17(2)12-7(5-15)6-16-11-9(12)3-8(13)4-10(11)14/h3-4,6H,1-2H3. The lowest BCUT2D eigenvalue weighted by molar-refractivity contribution is 1.13. The van der Waals surface area contributed by atoms with Crippen molar-refractivity contribution in [1.29, 1.82) is 5.26 Å². The SMILES string of the molecule is CN(C)c1c(C#N)cnc2c(Cl)cc(Cl)cc12. The Morgan fingerprint density at radius 2 is 2.00 bits per heavy atom. The fourth-order valence-corrected chi connectivity index (χ4v) is 2.32. The van der Waals surface area contributed by atoms with Crippen molar-refractivity contribution < 1.29 is 0 Å². The van der Waals surface area contributed by atoms with Crippen molar-refractivity contribution in [2.24, 2.45) is 0 Å². The number of fused-ring (bicyclic) bond motifs is 1. The van der Waals surface area contributed by atoms with Crippen molar-refractivity contribution in [3.05, 3.63) is 33.9 Å². The highest BCUT2D eigenvalue weighted by atomic mass is 35.5. The summed E-state index contributed by atoms with van der Waals surface area (Å²) in [6.45, 7) is 0. The minimum atomic E-state index is 0.486. The third-order valence-corrected chi connectivity index (χ3v) is 2.94. The van der Waals surface area contributed by atoms with E-state index in [4.69, 9.17) is 28.5 Å². The number of aromatic nitrogens is 1. The largest absolute Gasteiger partial charge is 0.376 e. The van der Waals surface area contributed by atoms with Gasteiger partial charge in [-0.25, -0.2) is 0 Å². The number of hydrogen-bond donors (Lipinski definition) is 0. The molecule has 0 amide bonds. The summed E-state index contributed by atoms with van der Waals surface area (Å²) < 4.78 is 0. The van der Waals surface area contributed by atoms with E-state index >= 15 is 0 Å². The molecular formula is C12H9Cl2N3. The van der Waals surface area contributed by atoms with Gasteiger partial charge < -0.3 is 4.90 Å². The highest BCUT2D eigenvalue weighted by Crippen LogP contribution is 2.34. The molecule has 0 N–H and O–H groups in total. The van der Waals surface area contributed by atoms with Gasteiger partial charge in [-0.15, -0.1) is 0 Å². The van der Waals surface area contributed by atoms with Crippen molar-refractivity contribution in [2.75, 3.05) is 19.0 Å². The molecule has 0 atom stereocenters. The van der Waals surface area contributed by atoms with Crippen LogP contribution in [0.1, 0.15) is 5.56 Å². The van der Waals surface area contributed by atoms with Crippen molar-refractivity contribution >= 4 is 39.8 Å². The molecule has 2 rings (SSSR count). The minimum Gasteiger partial charge on any atom is -0.376 e. The number of nitrogens with zero attached hydrogens (tertiary/aromatic N) is 3. The maximum absolute atomic E-state index is 9.08. The van der Waals surface area contributed by atoms with Crippen molar-refractivity contribution in [2.45, 2.75) is 0 Å². The zero-order chi connectivity index (χ0) is 12.6. The average Bonchev–Trinajstić information content (AvgIpc) is 2.26. The van der Waals surface area contributed by atoms with E-state index in [1.54, 1.807) is 12.1 Å². The van der Waals surface area contributed by atoms with Crippen LogP contribution in [-0.2, 0) is 0 Å². The quantitative estimate of drug-likeness (QED) is 0.793. The Morgan fingerprint density at radius 1 is 1.29 bits per heavy atom. The molecule has 5 heteroatoms. The molecule has 0 radical (unpaired) electrons.